The predicted molar refractivity (Wildman–Crippen MR) is 77.9 cm³/mol. The first-order valence-corrected chi connectivity index (χ1v) is 6.91. The average Bonchev–Trinajstić information content (AvgIpc) is 2.75. The fraction of sp³-hybridized carbons (Fsp3) is 0.286. The SMILES string of the molecule is Cc1ncsc1CN(C)C(=O)Cc1cccc(N)c1. The zero-order valence-electron chi connectivity index (χ0n) is 11.1. The minimum Gasteiger partial charge on any atom is -0.399 e. The largest absolute Gasteiger partial charge is 0.399 e. The van der Waals surface area contributed by atoms with E-state index in [0.29, 0.717) is 18.7 Å². The molecule has 1 aromatic carbocycles. The van der Waals surface area contributed by atoms with E-state index in [9.17, 15) is 4.79 Å². The van der Waals surface area contributed by atoms with Gasteiger partial charge < -0.3 is 10.6 Å². The number of thiazole rings is 1. The minimum atomic E-state index is 0.0819. The van der Waals surface area contributed by atoms with E-state index in [2.05, 4.69) is 4.98 Å². The fourth-order valence-corrected chi connectivity index (χ4v) is 2.62. The van der Waals surface area contributed by atoms with E-state index in [-0.39, 0.29) is 5.91 Å². The molecule has 0 aliphatic carbocycles. The molecule has 100 valence electrons. The molecule has 0 bridgehead atoms. The molecule has 2 N–H and O–H groups in total. The van der Waals surface area contributed by atoms with Crippen LogP contribution in [0.5, 0.6) is 0 Å². The first kappa shape index (κ1) is 13.5. The number of benzene rings is 1. The van der Waals surface area contributed by atoms with E-state index in [1.807, 2.05) is 38.2 Å². The van der Waals surface area contributed by atoms with Gasteiger partial charge >= 0.3 is 0 Å². The van der Waals surface area contributed by atoms with Gasteiger partial charge in [0.25, 0.3) is 0 Å². The summed E-state index contributed by atoms with van der Waals surface area (Å²) in [6.07, 6.45) is 0.374. The summed E-state index contributed by atoms with van der Waals surface area (Å²) < 4.78 is 0. The van der Waals surface area contributed by atoms with Crippen LogP contribution in [0.1, 0.15) is 16.1 Å². The van der Waals surface area contributed by atoms with Crippen molar-refractivity contribution in [2.45, 2.75) is 19.9 Å². The Morgan fingerprint density at radius 2 is 2.26 bits per heavy atom. The molecule has 0 saturated carbocycles. The highest BCUT2D eigenvalue weighted by Crippen LogP contribution is 2.15. The van der Waals surface area contributed by atoms with Gasteiger partial charge in [-0.05, 0) is 24.6 Å². The molecule has 0 atom stereocenters. The molecule has 2 aromatic rings. The summed E-state index contributed by atoms with van der Waals surface area (Å²) in [6.45, 7) is 2.57. The zero-order valence-corrected chi connectivity index (χ0v) is 11.9. The number of anilines is 1. The summed E-state index contributed by atoms with van der Waals surface area (Å²) in [7, 11) is 1.81. The van der Waals surface area contributed by atoms with E-state index < -0.39 is 0 Å². The first-order valence-electron chi connectivity index (χ1n) is 6.03. The third-order valence-electron chi connectivity index (χ3n) is 2.96. The Labute approximate surface area is 116 Å². The molecule has 1 aromatic heterocycles. The Hall–Kier alpha value is -1.88. The number of hydrogen-bond donors (Lipinski definition) is 1. The number of likely N-dealkylation sites (N-methyl/N-ethyl adjacent to an activating group) is 1. The molecule has 0 radical (unpaired) electrons. The Morgan fingerprint density at radius 3 is 2.89 bits per heavy atom. The van der Waals surface area contributed by atoms with Crippen LogP contribution < -0.4 is 5.73 Å². The van der Waals surface area contributed by atoms with Gasteiger partial charge in [-0.3, -0.25) is 4.79 Å². The summed E-state index contributed by atoms with van der Waals surface area (Å²) in [5.74, 6) is 0.0819. The number of aryl methyl sites for hydroxylation is 1. The quantitative estimate of drug-likeness (QED) is 0.871. The van der Waals surface area contributed by atoms with Gasteiger partial charge in [-0.1, -0.05) is 12.1 Å². The summed E-state index contributed by atoms with van der Waals surface area (Å²) >= 11 is 1.58. The molecule has 0 spiro atoms. The lowest BCUT2D eigenvalue weighted by Gasteiger charge is -2.16. The number of amides is 1. The highest BCUT2D eigenvalue weighted by Gasteiger charge is 2.12. The van der Waals surface area contributed by atoms with E-state index >= 15 is 0 Å². The van der Waals surface area contributed by atoms with Crippen molar-refractivity contribution >= 4 is 22.9 Å². The van der Waals surface area contributed by atoms with Crippen LogP contribution in [0.3, 0.4) is 0 Å². The fourth-order valence-electron chi connectivity index (χ4n) is 1.79. The standard InChI is InChI=1S/C14H17N3OS/c1-10-13(19-9-16-10)8-17(2)14(18)7-11-4-3-5-12(15)6-11/h3-6,9H,7-8,15H2,1-2H3. The van der Waals surface area contributed by atoms with Gasteiger partial charge in [0.2, 0.25) is 5.91 Å². The molecule has 2 rings (SSSR count). The molecular formula is C14H17N3OS. The summed E-state index contributed by atoms with van der Waals surface area (Å²) in [4.78, 5) is 19.2. The van der Waals surface area contributed by atoms with Gasteiger partial charge in [-0.25, -0.2) is 4.98 Å². The monoisotopic (exact) mass is 275 g/mol. The van der Waals surface area contributed by atoms with E-state index in [1.54, 1.807) is 21.7 Å². The third kappa shape index (κ3) is 3.54. The second-order valence-electron chi connectivity index (χ2n) is 4.53. The molecule has 4 nitrogen and oxygen atoms in total. The minimum absolute atomic E-state index is 0.0819. The Morgan fingerprint density at radius 1 is 1.47 bits per heavy atom. The number of aromatic nitrogens is 1. The van der Waals surface area contributed by atoms with Gasteiger partial charge in [0.15, 0.2) is 0 Å². The highest BCUT2D eigenvalue weighted by molar-refractivity contribution is 7.09. The van der Waals surface area contributed by atoms with Crippen LogP contribution in [0, 0.1) is 6.92 Å². The van der Waals surface area contributed by atoms with Gasteiger partial charge in [-0.15, -0.1) is 11.3 Å². The molecular weight excluding hydrogens is 258 g/mol. The lowest BCUT2D eigenvalue weighted by molar-refractivity contribution is -0.129. The number of hydrogen-bond acceptors (Lipinski definition) is 4. The van der Waals surface area contributed by atoms with Crippen molar-refractivity contribution in [2.75, 3.05) is 12.8 Å². The molecule has 0 saturated heterocycles. The summed E-state index contributed by atoms with van der Waals surface area (Å²) in [6, 6.07) is 7.44. The van der Waals surface area contributed by atoms with Crippen molar-refractivity contribution in [3.8, 4) is 0 Å². The lowest BCUT2D eigenvalue weighted by atomic mass is 10.1. The molecule has 0 fully saturated rings. The first-order chi connectivity index (χ1) is 9.06. The normalized spacial score (nSPS) is 10.4. The van der Waals surface area contributed by atoms with E-state index in [4.69, 9.17) is 5.73 Å². The lowest BCUT2D eigenvalue weighted by Crippen LogP contribution is -2.27. The number of carbonyl (C=O) groups excluding carboxylic acids is 1. The van der Waals surface area contributed by atoms with Crippen LogP contribution in [0.4, 0.5) is 5.69 Å². The molecule has 1 amide bonds. The molecule has 0 aliphatic heterocycles. The Bertz CT molecular complexity index is 580. The smallest absolute Gasteiger partial charge is 0.227 e. The van der Waals surface area contributed by atoms with Crippen molar-refractivity contribution in [1.29, 1.82) is 0 Å². The maximum absolute atomic E-state index is 12.1. The molecule has 5 heteroatoms. The number of carbonyl (C=O) groups is 1. The predicted octanol–water partition coefficient (Wildman–Crippen LogP) is 2.23. The maximum Gasteiger partial charge on any atom is 0.227 e. The van der Waals surface area contributed by atoms with Crippen LogP contribution in [-0.2, 0) is 17.8 Å². The van der Waals surface area contributed by atoms with Crippen molar-refractivity contribution in [3.63, 3.8) is 0 Å². The molecule has 0 unspecified atom stereocenters. The van der Waals surface area contributed by atoms with Crippen molar-refractivity contribution in [2.24, 2.45) is 0 Å². The van der Waals surface area contributed by atoms with Crippen LogP contribution in [0.2, 0.25) is 0 Å². The number of nitrogen functional groups attached to an aromatic ring is 1. The van der Waals surface area contributed by atoms with Crippen molar-refractivity contribution in [3.05, 3.63) is 45.9 Å². The topological polar surface area (TPSA) is 59.2 Å². The highest BCUT2D eigenvalue weighted by atomic mass is 32.1. The third-order valence-corrected chi connectivity index (χ3v) is 3.88. The molecule has 19 heavy (non-hydrogen) atoms. The zero-order chi connectivity index (χ0) is 13.8. The van der Waals surface area contributed by atoms with Crippen molar-refractivity contribution < 1.29 is 4.79 Å². The summed E-state index contributed by atoms with van der Waals surface area (Å²) in [5, 5.41) is 0. The van der Waals surface area contributed by atoms with Gasteiger partial charge in [-0.2, -0.15) is 0 Å². The van der Waals surface area contributed by atoms with Gasteiger partial charge in [0.05, 0.1) is 24.2 Å². The van der Waals surface area contributed by atoms with Crippen molar-refractivity contribution in [1.82, 2.24) is 9.88 Å². The number of nitrogens with zero attached hydrogens (tertiary/aromatic N) is 2. The Kier molecular flexibility index (Phi) is 4.16. The second kappa shape index (κ2) is 5.84. The summed E-state index contributed by atoms with van der Waals surface area (Å²) in [5.41, 5.74) is 10.1. The van der Waals surface area contributed by atoms with Crippen LogP contribution >= 0.6 is 11.3 Å². The van der Waals surface area contributed by atoms with E-state index in [0.717, 1.165) is 16.1 Å². The maximum atomic E-state index is 12.1. The molecule has 1 heterocycles. The van der Waals surface area contributed by atoms with Crippen LogP contribution in [0.25, 0.3) is 0 Å². The van der Waals surface area contributed by atoms with Gasteiger partial charge in [0.1, 0.15) is 0 Å². The van der Waals surface area contributed by atoms with Crippen LogP contribution in [0.15, 0.2) is 29.8 Å². The number of rotatable bonds is 4. The molecule has 0 aliphatic rings. The van der Waals surface area contributed by atoms with Gasteiger partial charge in [0, 0.05) is 17.6 Å². The number of nitrogens with two attached hydrogens (primary N) is 1. The van der Waals surface area contributed by atoms with E-state index in [1.165, 1.54) is 0 Å². The second-order valence-corrected chi connectivity index (χ2v) is 5.47. The average molecular weight is 275 g/mol. The Balaban J connectivity index is 1.98. The van der Waals surface area contributed by atoms with Crippen LogP contribution in [-0.4, -0.2) is 22.8 Å².